The minimum Gasteiger partial charge on any atom is -0.450 e. The molecule has 8 heteroatoms. The van der Waals surface area contributed by atoms with E-state index in [1.165, 1.54) is 6.33 Å². The number of unbranched alkanes of at least 4 members (excludes halogenated alkanes) is 1. The lowest BCUT2D eigenvalue weighted by Gasteiger charge is -2.03. The van der Waals surface area contributed by atoms with Crippen LogP contribution in [0.2, 0.25) is 0 Å². The molecular formula is C10H14N6O2. The first-order valence-corrected chi connectivity index (χ1v) is 5.52. The topological polar surface area (TPSA) is 122 Å². The summed E-state index contributed by atoms with van der Waals surface area (Å²) in [5.41, 5.74) is 11.3. The van der Waals surface area contributed by atoms with E-state index in [0.717, 1.165) is 11.8 Å². The van der Waals surface area contributed by atoms with Gasteiger partial charge < -0.3 is 16.2 Å². The van der Waals surface area contributed by atoms with Crippen LogP contribution in [0.5, 0.6) is 0 Å². The maximum Gasteiger partial charge on any atom is 0.404 e. The first-order chi connectivity index (χ1) is 8.68. The average molecular weight is 250 g/mol. The lowest BCUT2D eigenvalue weighted by atomic mass is 10.3. The van der Waals surface area contributed by atoms with Gasteiger partial charge in [-0.05, 0) is 12.8 Å². The van der Waals surface area contributed by atoms with Gasteiger partial charge in [-0.25, -0.2) is 19.4 Å². The summed E-state index contributed by atoms with van der Waals surface area (Å²) in [6.45, 7) is 0.980. The van der Waals surface area contributed by atoms with E-state index >= 15 is 0 Å². The number of rotatable bonds is 5. The summed E-state index contributed by atoms with van der Waals surface area (Å²) in [5, 5.41) is 4.93. The summed E-state index contributed by atoms with van der Waals surface area (Å²) >= 11 is 0. The van der Waals surface area contributed by atoms with Crippen molar-refractivity contribution in [2.45, 2.75) is 19.4 Å². The van der Waals surface area contributed by atoms with Crippen molar-refractivity contribution < 1.29 is 9.53 Å². The third-order valence-electron chi connectivity index (χ3n) is 2.47. The second-order valence-electron chi connectivity index (χ2n) is 3.74. The number of primary amides is 1. The van der Waals surface area contributed by atoms with E-state index in [1.54, 1.807) is 10.9 Å². The highest BCUT2D eigenvalue weighted by Crippen LogP contribution is 2.15. The van der Waals surface area contributed by atoms with E-state index in [-0.39, 0.29) is 0 Å². The molecule has 0 bridgehead atoms. The number of nitrogen functional groups attached to an aromatic ring is 1. The zero-order chi connectivity index (χ0) is 13.0. The van der Waals surface area contributed by atoms with Gasteiger partial charge in [0, 0.05) is 6.54 Å². The molecule has 8 nitrogen and oxygen atoms in total. The number of nitrogens with zero attached hydrogens (tertiary/aromatic N) is 4. The molecule has 0 aliphatic heterocycles. The second-order valence-corrected chi connectivity index (χ2v) is 3.74. The third kappa shape index (κ3) is 2.65. The number of amides is 1. The van der Waals surface area contributed by atoms with Gasteiger partial charge in [-0.15, -0.1) is 0 Å². The number of fused-ring (bicyclic) bond motifs is 1. The molecule has 0 atom stereocenters. The molecule has 0 spiro atoms. The highest BCUT2D eigenvalue weighted by Gasteiger charge is 2.06. The van der Waals surface area contributed by atoms with Crippen LogP contribution in [0.25, 0.3) is 11.0 Å². The Morgan fingerprint density at radius 3 is 3.00 bits per heavy atom. The number of nitrogens with two attached hydrogens (primary N) is 2. The molecule has 96 valence electrons. The van der Waals surface area contributed by atoms with Crippen molar-refractivity contribution in [3.8, 4) is 0 Å². The van der Waals surface area contributed by atoms with Gasteiger partial charge in [-0.1, -0.05) is 0 Å². The monoisotopic (exact) mass is 250 g/mol. The van der Waals surface area contributed by atoms with E-state index in [2.05, 4.69) is 19.8 Å². The van der Waals surface area contributed by atoms with Crippen LogP contribution in [0, 0.1) is 0 Å². The molecule has 0 saturated heterocycles. The summed E-state index contributed by atoms with van der Waals surface area (Å²) in [6.07, 6.45) is 3.81. The molecule has 0 aliphatic rings. The fourth-order valence-electron chi connectivity index (χ4n) is 1.61. The van der Waals surface area contributed by atoms with Crippen molar-refractivity contribution >= 4 is 22.9 Å². The van der Waals surface area contributed by atoms with Crippen LogP contribution < -0.4 is 11.5 Å². The molecular weight excluding hydrogens is 236 g/mol. The summed E-state index contributed by atoms with van der Waals surface area (Å²) < 4.78 is 6.38. The van der Waals surface area contributed by atoms with E-state index < -0.39 is 6.09 Å². The van der Waals surface area contributed by atoms with Crippen LogP contribution in [-0.2, 0) is 11.3 Å². The number of hydrogen-bond donors (Lipinski definition) is 2. The SMILES string of the molecule is NC(=O)OCCCCn1ncc2c(N)ncnc21. The molecule has 2 heterocycles. The number of ether oxygens (including phenoxy) is 1. The number of carbonyl (C=O) groups excluding carboxylic acids is 1. The van der Waals surface area contributed by atoms with Crippen molar-refractivity contribution in [1.29, 1.82) is 0 Å². The van der Waals surface area contributed by atoms with E-state index in [9.17, 15) is 4.79 Å². The van der Waals surface area contributed by atoms with E-state index in [0.29, 0.717) is 31.0 Å². The molecule has 2 aromatic rings. The Morgan fingerprint density at radius 2 is 2.22 bits per heavy atom. The maximum atomic E-state index is 10.4. The minimum atomic E-state index is -0.750. The molecule has 0 saturated carbocycles. The highest BCUT2D eigenvalue weighted by atomic mass is 16.5. The summed E-state index contributed by atoms with van der Waals surface area (Å²) in [6, 6.07) is 0. The van der Waals surface area contributed by atoms with Gasteiger partial charge in [0.15, 0.2) is 5.65 Å². The molecule has 0 radical (unpaired) electrons. The minimum absolute atomic E-state index is 0.311. The summed E-state index contributed by atoms with van der Waals surface area (Å²) in [7, 11) is 0. The van der Waals surface area contributed by atoms with Crippen molar-refractivity contribution in [2.24, 2.45) is 5.73 Å². The zero-order valence-corrected chi connectivity index (χ0v) is 9.74. The Balaban J connectivity index is 1.92. The molecule has 0 unspecified atom stereocenters. The summed E-state index contributed by atoms with van der Waals surface area (Å²) in [4.78, 5) is 18.4. The van der Waals surface area contributed by atoms with Gasteiger partial charge in [-0.2, -0.15) is 5.10 Å². The van der Waals surface area contributed by atoms with Crippen molar-refractivity contribution in [1.82, 2.24) is 19.7 Å². The Bertz CT molecular complexity index is 552. The van der Waals surface area contributed by atoms with Crippen LogP contribution in [-0.4, -0.2) is 32.4 Å². The van der Waals surface area contributed by atoms with Crippen molar-refractivity contribution in [2.75, 3.05) is 12.3 Å². The Kier molecular flexibility index (Phi) is 3.56. The number of hydrogen-bond acceptors (Lipinski definition) is 6. The quantitative estimate of drug-likeness (QED) is 0.735. The largest absolute Gasteiger partial charge is 0.450 e. The van der Waals surface area contributed by atoms with Gasteiger partial charge in [0.25, 0.3) is 0 Å². The van der Waals surface area contributed by atoms with Crippen LogP contribution in [0.4, 0.5) is 10.6 Å². The molecule has 0 aliphatic carbocycles. The smallest absolute Gasteiger partial charge is 0.404 e. The molecule has 0 aromatic carbocycles. The van der Waals surface area contributed by atoms with Crippen molar-refractivity contribution in [3.63, 3.8) is 0 Å². The Hall–Kier alpha value is -2.38. The van der Waals surface area contributed by atoms with Gasteiger partial charge in [0.05, 0.1) is 18.2 Å². The van der Waals surface area contributed by atoms with E-state index in [4.69, 9.17) is 11.5 Å². The first-order valence-electron chi connectivity index (χ1n) is 5.52. The number of aryl methyl sites for hydroxylation is 1. The van der Waals surface area contributed by atoms with Gasteiger partial charge in [-0.3, -0.25) is 0 Å². The molecule has 18 heavy (non-hydrogen) atoms. The van der Waals surface area contributed by atoms with Gasteiger partial charge in [0.2, 0.25) is 0 Å². The lowest BCUT2D eigenvalue weighted by Crippen LogP contribution is -2.14. The Morgan fingerprint density at radius 1 is 1.39 bits per heavy atom. The molecule has 2 rings (SSSR count). The highest BCUT2D eigenvalue weighted by molar-refractivity contribution is 5.84. The Labute approximate surface area is 103 Å². The molecule has 2 aromatic heterocycles. The van der Waals surface area contributed by atoms with Gasteiger partial charge >= 0.3 is 6.09 Å². The van der Waals surface area contributed by atoms with Crippen LogP contribution in [0.15, 0.2) is 12.5 Å². The van der Waals surface area contributed by atoms with Crippen LogP contribution in [0.3, 0.4) is 0 Å². The second kappa shape index (κ2) is 5.30. The predicted molar refractivity (Wildman–Crippen MR) is 64.5 cm³/mol. The number of carbonyl (C=O) groups is 1. The number of aromatic nitrogens is 4. The van der Waals surface area contributed by atoms with Crippen LogP contribution >= 0.6 is 0 Å². The van der Waals surface area contributed by atoms with E-state index in [1.807, 2.05) is 0 Å². The normalized spacial score (nSPS) is 10.7. The zero-order valence-electron chi connectivity index (χ0n) is 9.74. The lowest BCUT2D eigenvalue weighted by molar-refractivity contribution is 0.154. The number of anilines is 1. The average Bonchev–Trinajstić information content (AvgIpc) is 2.73. The first kappa shape index (κ1) is 12.1. The van der Waals surface area contributed by atoms with Crippen LogP contribution in [0.1, 0.15) is 12.8 Å². The maximum absolute atomic E-state index is 10.4. The third-order valence-corrected chi connectivity index (χ3v) is 2.47. The fourth-order valence-corrected chi connectivity index (χ4v) is 1.61. The summed E-state index contributed by atoms with van der Waals surface area (Å²) in [5.74, 6) is 0.420. The molecule has 4 N–H and O–H groups in total. The van der Waals surface area contributed by atoms with Gasteiger partial charge in [0.1, 0.15) is 12.1 Å². The fraction of sp³-hybridized carbons (Fsp3) is 0.400. The molecule has 0 fully saturated rings. The predicted octanol–water partition coefficient (Wildman–Crippen LogP) is 0.284. The van der Waals surface area contributed by atoms with Crippen molar-refractivity contribution in [3.05, 3.63) is 12.5 Å². The molecule has 1 amide bonds. The standard InChI is InChI=1S/C10H14N6O2/c11-8-7-5-15-16(9(7)14-6-13-8)3-1-2-4-18-10(12)17/h5-6H,1-4H2,(H2,12,17)(H2,11,13,14).